The number of anilines is 1. The normalized spacial score (nSPS) is 10.0. The van der Waals surface area contributed by atoms with Crippen molar-refractivity contribution in [1.82, 2.24) is 4.98 Å². The Balaban J connectivity index is 2.59. The van der Waals surface area contributed by atoms with Crippen LogP contribution in [0.25, 0.3) is 10.8 Å². The Morgan fingerprint density at radius 3 is 3.00 bits per heavy atom. The maximum Gasteiger partial charge on any atom is 0.168 e. The van der Waals surface area contributed by atoms with Crippen molar-refractivity contribution in [1.29, 1.82) is 0 Å². The Morgan fingerprint density at radius 1 is 1.36 bits per heavy atom. The van der Waals surface area contributed by atoms with Crippen molar-refractivity contribution in [2.24, 2.45) is 5.73 Å². The summed E-state index contributed by atoms with van der Waals surface area (Å²) in [6.07, 6.45) is 3.54. The summed E-state index contributed by atoms with van der Waals surface area (Å²) in [5.74, 6) is 0. The number of nitrogens with two attached hydrogens (primary N) is 1. The van der Waals surface area contributed by atoms with Crippen molar-refractivity contribution >= 4 is 33.8 Å². The van der Waals surface area contributed by atoms with E-state index in [0.29, 0.717) is 0 Å². The van der Waals surface area contributed by atoms with Gasteiger partial charge in [-0.3, -0.25) is 4.98 Å². The number of hydrogen-bond donors (Lipinski definition) is 2. The van der Waals surface area contributed by atoms with Crippen molar-refractivity contribution < 1.29 is 0 Å². The molecule has 1 aromatic heterocycles. The fourth-order valence-corrected chi connectivity index (χ4v) is 1.47. The van der Waals surface area contributed by atoms with Crippen LogP contribution in [-0.2, 0) is 0 Å². The maximum absolute atomic E-state index is 5.42. The molecule has 3 N–H and O–H groups in total. The zero-order valence-corrected chi connectivity index (χ0v) is 8.21. The van der Waals surface area contributed by atoms with Gasteiger partial charge in [-0.05, 0) is 29.7 Å². The van der Waals surface area contributed by atoms with Gasteiger partial charge in [0.1, 0.15) is 0 Å². The monoisotopic (exact) mass is 203 g/mol. The molecule has 0 amide bonds. The Hall–Kier alpha value is -1.68. The van der Waals surface area contributed by atoms with Gasteiger partial charge in [0.05, 0.1) is 0 Å². The summed E-state index contributed by atoms with van der Waals surface area (Å²) >= 11 is 4.79. The molecule has 3 nitrogen and oxygen atoms in total. The van der Waals surface area contributed by atoms with Crippen LogP contribution in [-0.4, -0.2) is 10.1 Å². The van der Waals surface area contributed by atoms with E-state index in [4.69, 9.17) is 18.0 Å². The topological polar surface area (TPSA) is 50.9 Å². The molecule has 0 spiro atoms. The first-order valence-corrected chi connectivity index (χ1v) is 4.57. The molecule has 0 saturated heterocycles. The molecule has 2 aromatic rings. The summed E-state index contributed by atoms with van der Waals surface area (Å²) in [7, 11) is 0. The number of hydrogen-bond acceptors (Lipinski definition) is 2. The Labute approximate surface area is 86.9 Å². The molecule has 4 heteroatoms. The maximum atomic E-state index is 5.42. The molecule has 0 radical (unpaired) electrons. The first kappa shape index (κ1) is 8.90. The van der Waals surface area contributed by atoms with E-state index in [1.54, 1.807) is 12.4 Å². The van der Waals surface area contributed by atoms with Crippen molar-refractivity contribution in [2.75, 3.05) is 5.32 Å². The van der Waals surface area contributed by atoms with Crippen molar-refractivity contribution in [3.8, 4) is 0 Å². The minimum Gasteiger partial charge on any atom is -0.376 e. The highest BCUT2D eigenvalue weighted by atomic mass is 32.1. The molecule has 0 bridgehead atoms. The lowest BCUT2D eigenvalue weighted by Crippen LogP contribution is -2.18. The average molecular weight is 203 g/mol. The second-order valence-electron chi connectivity index (χ2n) is 2.89. The summed E-state index contributed by atoms with van der Waals surface area (Å²) in [5.41, 5.74) is 6.31. The van der Waals surface area contributed by atoms with Gasteiger partial charge >= 0.3 is 0 Å². The van der Waals surface area contributed by atoms with E-state index >= 15 is 0 Å². The lowest BCUT2D eigenvalue weighted by Gasteiger charge is -2.06. The Bertz CT molecular complexity index is 476. The van der Waals surface area contributed by atoms with Crippen LogP contribution in [0.2, 0.25) is 0 Å². The molecule has 1 heterocycles. The zero-order chi connectivity index (χ0) is 9.97. The summed E-state index contributed by atoms with van der Waals surface area (Å²) in [4.78, 5) is 4.06. The van der Waals surface area contributed by atoms with E-state index in [0.717, 1.165) is 16.5 Å². The van der Waals surface area contributed by atoms with Crippen LogP contribution in [0.4, 0.5) is 5.69 Å². The Morgan fingerprint density at radius 2 is 2.21 bits per heavy atom. The molecule has 0 saturated carbocycles. The lowest BCUT2D eigenvalue weighted by molar-refractivity contribution is 1.36. The van der Waals surface area contributed by atoms with Gasteiger partial charge in [-0.15, -0.1) is 0 Å². The molecule has 0 aliphatic carbocycles. The molecule has 1 aromatic carbocycles. The van der Waals surface area contributed by atoms with E-state index in [2.05, 4.69) is 10.3 Å². The van der Waals surface area contributed by atoms with Crippen LogP contribution in [0, 0.1) is 0 Å². The van der Waals surface area contributed by atoms with Crippen molar-refractivity contribution in [3.05, 3.63) is 36.7 Å². The number of thiocarbonyl (C=S) groups is 1. The molecule has 2 rings (SSSR count). The van der Waals surface area contributed by atoms with Gasteiger partial charge in [0.15, 0.2) is 5.11 Å². The largest absolute Gasteiger partial charge is 0.376 e. The number of rotatable bonds is 1. The molecular formula is C10H9N3S. The van der Waals surface area contributed by atoms with Gasteiger partial charge in [0.25, 0.3) is 0 Å². The number of pyridine rings is 1. The van der Waals surface area contributed by atoms with Crippen LogP contribution in [0.15, 0.2) is 36.7 Å². The fraction of sp³-hybridized carbons (Fsp3) is 0. The summed E-state index contributed by atoms with van der Waals surface area (Å²) in [6.45, 7) is 0. The third-order valence-electron chi connectivity index (χ3n) is 1.94. The molecule has 70 valence electrons. The molecule has 14 heavy (non-hydrogen) atoms. The molecule has 0 fully saturated rings. The third kappa shape index (κ3) is 1.65. The van der Waals surface area contributed by atoms with E-state index in [1.165, 1.54) is 0 Å². The van der Waals surface area contributed by atoms with Crippen molar-refractivity contribution in [3.63, 3.8) is 0 Å². The summed E-state index contributed by atoms with van der Waals surface area (Å²) in [6, 6.07) is 7.83. The number of fused-ring (bicyclic) bond motifs is 1. The second-order valence-corrected chi connectivity index (χ2v) is 3.33. The van der Waals surface area contributed by atoms with E-state index in [9.17, 15) is 0 Å². The highest BCUT2D eigenvalue weighted by Gasteiger charge is 1.99. The molecule has 0 unspecified atom stereocenters. The highest BCUT2D eigenvalue weighted by Crippen LogP contribution is 2.21. The van der Waals surface area contributed by atoms with Gasteiger partial charge in [0.2, 0.25) is 0 Å². The minimum absolute atomic E-state index is 0.265. The molecule has 0 aliphatic heterocycles. The van der Waals surface area contributed by atoms with Crippen LogP contribution in [0.1, 0.15) is 0 Å². The first-order valence-electron chi connectivity index (χ1n) is 4.16. The van der Waals surface area contributed by atoms with Crippen LogP contribution >= 0.6 is 12.2 Å². The van der Waals surface area contributed by atoms with Crippen LogP contribution in [0.5, 0.6) is 0 Å². The predicted molar refractivity (Wildman–Crippen MR) is 62.2 cm³/mol. The van der Waals surface area contributed by atoms with E-state index in [-0.39, 0.29) is 5.11 Å². The number of benzene rings is 1. The number of nitrogens with zero attached hydrogens (tertiary/aromatic N) is 1. The van der Waals surface area contributed by atoms with Crippen molar-refractivity contribution in [2.45, 2.75) is 0 Å². The minimum atomic E-state index is 0.265. The van der Waals surface area contributed by atoms with Gasteiger partial charge in [-0.25, -0.2) is 0 Å². The average Bonchev–Trinajstić information content (AvgIpc) is 2.18. The summed E-state index contributed by atoms with van der Waals surface area (Å²) in [5, 5.41) is 5.31. The molecule has 0 aliphatic rings. The summed E-state index contributed by atoms with van der Waals surface area (Å²) < 4.78 is 0. The van der Waals surface area contributed by atoms with Gasteiger partial charge in [-0.1, -0.05) is 12.1 Å². The first-order chi connectivity index (χ1) is 6.77. The lowest BCUT2D eigenvalue weighted by atomic mass is 10.1. The fourth-order valence-electron chi connectivity index (χ4n) is 1.36. The van der Waals surface area contributed by atoms with Crippen LogP contribution in [0.3, 0.4) is 0 Å². The zero-order valence-electron chi connectivity index (χ0n) is 7.40. The number of nitrogens with one attached hydrogen (secondary N) is 1. The Kier molecular flexibility index (Phi) is 2.28. The van der Waals surface area contributed by atoms with E-state index < -0.39 is 0 Å². The van der Waals surface area contributed by atoms with Gasteiger partial charge < -0.3 is 11.1 Å². The van der Waals surface area contributed by atoms with Gasteiger partial charge in [0, 0.05) is 23.5 Å². The SMILES string of the molecule is NC(=S)Nc1cccc2ccncc12. The van der Waals surface area contributed by atoms with Gasteiger partial charge in [-0.2, -0.15) is 0 Å². The standard InChI is InChI=1S/C10H9N3S/c11-10(14)13-9-3-1-2-7-4-5-12-6-8(7)9/h1-6H,(H3,11,13,14). The third-order valence-corrected chi connectivity index (χ3v) is 2.04. The van der Waals surface area contributed by atoms with E-state index in [1.807, 2.05) is 24.3 Å². The predicted octanol–water partition coefficient (Wildman–Crippen LogP) is 1.89. The smallest absolute Gasteiger partial charge is 0.168 e. The molecule has 0 atom stereocenters. The highest BCUT2D eigenvalue weighted by molar-refractivity contribution is 7.80. The van der Waals surface area contributed by atoms with Crippen LogP contribution < -0.4 is 11.1 Å². The molecular weight excluding hydrogens is 194 g/mol. The quantitative estimate of drug-likeness (QED) is 0.695. The second kappa shape index (κ2) is 3.59. The number of aromatic nitrogens is 1.